The summed E-state index contributed by atoms with van der Waals surface area (Å²) in [6.45, 7) is 1.70. The first kappa shape index (κ1) is 13.6. The minimum Gasteiger partial charge on any atom is -0.387 e. The van der Waals surface area contributed by atoms with Crippen molar-refractivity contribution in [3.63, 3.8) is 0 Å². The highest BCUT2D eigenvalue weighted by Crippen LogP contribution is 2.26. The number of rotatable bonds is 2. The van der Waals surface area contributed by atoms with Crippen LogP contribution in [-0.2, 0) is 6.42 Å². The van der Waals surface area contributed by atoms with Gasteiger partial charge in [-0.3, -0.25) is 4.79 Å². The van der Waals surface area contributed by atoms with Crippen molar-refractivity contribution in [1.29, 1.82) is 0 Å². The summed E-state index contributed by atoms with van der Waals surface area (Å²) in [5, 5.41) is 16.8. The summed E-state index contributed by atoms with van der Waals surface area (Å²) in [4.78, 5) is 12.0. The summed E-state index contributed by atoms with van der Waals surface area (Å²) >= 11 is 0. The molecule has 0 spiro atoms. The number of carbonyl (C=O) groups is 1. The van der Waals surface area contributed by atoms with Crippen LogP contribution in [0.1, 0.15) is 53.3 Å². The second-order valence-electron chi connectivity index (χ2n) is 5.78. The molecule has 1 saturated heterocycles. The number of aryl methyl sites for hydroxylation is 1. The number of piperidine rings is 1. The van der Waals surface area contributed by atoms with Gasteiger partial charge >= 0.3 is 0 Å². The van der Waals surface area contributed by atoms with Crippen LogP contribution in [0.5, 0.6) is 0 Å². The normalized spacial score (nSPS) is 24.4. The third-order valence-electron chi connectivity index (χ3n) is 4.36. The predicted molar refractivity (Wildman–Crippen MR) is 77.7 cm³/mol. The zero-order valence-electron chi connectivity index (χ0n) is 11.7. The Balaban J connectivity index is 1.85. The van der Waals surface area contributed by atoms with Gasteiger partial charge in [-0.1, -0.05) is 18.6 Å². The zero-order valence-corrected chi connectivity index (χ0v) is 11.7. The average Bonchev–Trinajstić information content (AvgIpc) is 2.69. The second-order valence-corrected chi connectivity index (χ2v) is 5.78. The fraction of sp³-hybridized carbons (Fsp3) is 0.562. The molecule has 4 nitrogen and oxygen atoms in total. The molecule has 3 rings (SSSR count). The fourth-order valence-corrected chi connectivity index (χ4v) is 3.16. The maximum Gasteiger partial charge on any atom is 0.251 e. The summed E-state index contributed by atoms with van der Waals surface area (Å²) < 4.78 is 0. The van der Waals surface area contributed by atoms with Crippen molar-refractivity contribution in [2.45, 2.75) is 44.2 Å². The van der Waals surface area contributed by atoms with E-state index in [1.807, 2.05) is 18.2 Å². The monoisotopic (exact) mass is 274 g/mol. The highest BCUT2D eigenvalue weighted by molar-refractivity contribution is 5.96. The largest absolute Gasteiger partial charge is 0.387 e. The van der Waals surface area contributed by atoms with Gasteiger partial charge in [0, 0.05) is 18.2 Å². The van der Waals surface area contributed by atoms with Crippen LogP contribution in [0.15, 0.2) is 18.2 Å². The minimum absolute atomic E-state index is 0.0110. The summed E-state index contributed by atoms with van der Waals surface area (Å²) in [6, 6.07) is 5.95. The van der Waals surface area contributed by atoms with Crippen LogP contribution in [0.3, 0.4) is 0 Å². The highest BCUT2D eigenvalue weighted by atomic mass is 16.3. The molecule has 0 bridgehead atoms. The molecular formula is C16H22N2O2. The Morgan fingerprint density at radius 3 is 2.90 bits per heavy atom. The van der Waals surface area contributed by atoms with Gasteiger partial charge in [-0.15, -0.1) is 0 Å². The maximum absolute atomic E-state index is 12.0. The molecule has 1 aromatic carbocycles. The minimum atomic E-state index is -0.531. The highest BCUT2D eigenvalue weighted by Gasteiger charge is 2.24. The van der Waals surface area contributed by atoms with Crippen LogP contribution in [-0.4, -0.2) is 30.1 Å². The number of carbonyl (C=O) groups excluding carboxylic acids is 1. The summed E-state index contributed by atoms with van der Waals surface area (Å²) in [5.74, 6) is -0.0110. The Labute approximate surface area is 119 Å². The molecule has 1 aromatic rings. The molecule has 2 unspecified atom stereocenters. The van der Waals surface area contributed by atoms with Gasteiger partial charge in [0.1, 0.15) is 0 Å². The Kier molecular flexibility index (Phi) is 4.03. The van der Waals surface area contributed by atoms with E-state index >= 15 is 0 Å². The molecule has 1 fully saturated rings. The van der Waals surface area contributed by atoms with Crippen LogP contribution < -0.4 is 10.6 Å². The van der Waals surface area contributed by atoms with Crippen molar-refractivity contribution in [2.75, 3.05) is 13.1 Å². The fourth-order valence-electron chi connectivity index (χ4n) is 3.16. The van der Waals surface area contributed by atoms with Gasteiger partial charge in [-0.2, -0.15) is 0 Å². The molecule has 3 N–H and O–H groups in total. The van der Waals surface area contributed by atoms with E-state index in [-0.39, 0.29) is 11.9 Å². The number of fused-ring (bicyclic) bond motifs is 1. The van der Waals surface area contributed by atoms with Crippen LogP contribution in [0, 0.1) is 0 Å². The van der Waals surface area contributed by atoms with Gasteiger partial charge in [0.2, 0.25) is 0 Å². The number of aliphatic hydroxyl groups excluding tert-OH is 1. The van der Waals surface area contributed by atoms with E-state index in [4.69, 9.17) is 0 Å². The van der Waals surface area contributed by atoms with Crippen molar-refractivity contribution in [1.82, 2.24) is 10.6 Å². The standard InChI is InChI=1S/C16H22N2O2/c19-15(14-5-1-2-8-17-14)12-7-6-11-4-3-9-18-16(20)13(11)10-12/h6-7,10,14-15,17,19H,1-5,8-9H2,(H,18,20). The summed E-state index contributed by atoms with van der Waals surface area (Å²) in [5.41, 5.74) is 2.67. The topological polar surface area (TPSA) is 61.4 Å². The van der Waals surface area contributed by atoms with Gasteiger partial charge in [-0.25, -0.2) is 0 Å². The summed E-state index contributed by atoms with van der Waals surface area (Å²) in [6.07, 6.45) is 4.69. The number of nitrogens with one attached hydrogen (secondary N) is 2. The Bertz CT molecular complexity index is 495. The molecule has 2 atom stereocenters. The number of amides is 1. The van der Waals surface area contributed by atoms with Crippen molar-refractivity contribution < 1.29 is 9.90 Å². The molecular weight excluding hydrogens is 252 g/mol. The average molecular weight is 274 g/mol. The van der Waals surface area contributed by atoms with E-state index < -0.39 is 6.10 Å². The number of hydrogen-bond acceptors (Lipinski definition) is 3. The lowest BCUT2D eigenvalue weighted by atomic mass is 9.92. The van der Waals surface area contributed by atoms with E-state index in [1.165, 1.54) is 6.42 Å². The first-order chi connectivity index (χ1) is 9.75. The molecule has 2 aliphatic heterocycles. The number of aliphatic hydroxyl groups is 1. The van der Waals surface area contributed by atoms with E-state index in [9.17, 15) is 9.90 Å². The molecule has 4 heteroatoms. The molecule has 0 radical (unpaired) electrons. The van der Waals surface area contributed by atoms with Crippen LogP contribution in [0.4, 0.5) is 0 Å². The third kappa shape index (κ3) is 2.72. The number of benzene rings is 1. The SMILES string of the molecule is O=C1NCCCc2ccc(C(O)C3CCCCN3)cc21. The Morgan fingerprint density at radius 1 is 1.20 bits per heavy atom. The lowest BCUT2D eigenvalue weighted by Gasteiger charge is -2.28. The molecule has 2 heterocycles. The smallest absolute Gasteiger partial charge is 0.251 e. The lowest BCUT2D eigenvalue weighted by molar-refractivity contribution is 0.0954. The van der Waals surface area contributed by atoms with Gasteiger partial charge in [0.15, 0.2) is 0 Å². The van der Waals surface area contributed by atoms with E-state index in [0.29, 0.717) is 0 Å². The van der Waals surface area contributed by atoms with Crippen molar-refractivity contribution in [3.8, 4) is 0 Å². The maximum atomic E-state index is 12.0. The first-order valence-corrected chi connectivity index (χ1v) is 7.58. The quantitative estimate of drug-likeness (QED) is 0.766. The molecule has 2 aliphatic rings. The van der Waals surface area contributed by atoms with E-state index in [2.05, 4.69) is 10.6 Å². The van der Waals surface area contributed by atoms with Gasteiger partial charge in [0.25, 0.3) is 5.91 Å². The van der Waals surface area contributed by atoms with Gasteiger partial charge in [0.05, 0.1) is 6.10 Å². The summed E-state index contributed by atoms with van der Waals surface area (Å²) in [7, 11) is 0. The van der Waals surface area contributed by atoms with E-state index in [0.717, 1.165) is 55.5 Å². The molecule has 1 amide bonds. The molecule has 20 heavy (non-hydrogen) atoms. The van der Waals surface area contributed by atoms with Crippen molar-refractivity contribution in [2.24, 2.45) is 0 Å². The van der Waals surface area contributed by atoms with Gasteiger partial charge in [-0.05, 0) is 49.4 Å². The zero-order chi connectivity index (χ0) is 13.9. The third-order valence-corrected chi connectivity index (χ3v) is 4.36. The number of hydrogen-bond donors (Lipinski definition) is 3. The Morgan fingerprint density at radius 2 is 2.10 bits per heavy atom. The van der Waals surface area contributed by atoms with Crippen LogP contribution in [0.25, 0.3) is 0 Å². The van der Waals surface area contributed by atoms with Crippen LogP contribution >= 0.6 is 0 Å². The molecule has 108 valence electrons. The lowest BCUT2D eigenvalue weighted by Crippen LogP contribution is -2.38. The molecule has 0 aliphatic carbocycles. The Hall–Kier alpha value is -1.39. The van der Waals surface area contributed by atoms with E-state index in [1.54, 1.807) is 0 Å². The van der Waals surface area contributed by atoms with Crippen molar-refractivity contribution >= 4 is 5.91 Å². The molecule has 0 aromatic heterocycles. The van der Waals surface area contributed by atoms with Crippen LogP contribution in [0.2, 0.25) is 0 Å². The second kappa shape index (κ2) is 5.94. The predicted octanol–water partition coefficient (Wildman–Crippen LogP) is 1.54. The van der Waals surface area contributed by atoms with Crippen molar-refractivity contribution in [3.05, 3.63) is 34.9 Å². The van der Waals surface area contributed by atoms with Gasteiger partial charge < -0.3 is 15.7 Å². The molecule has 0 saturated carbocycles. The first-order valence-electron chi connectivity index (χ1n) is 7.58.